The molecular weight excluding hydrogens is 318 g/mol. The van der Waals surface area contributed by atoms with Gasteiger partial charge in [0.25, 0.3) is 0 Å². The van der Waals surface area contributed by atoms with Crippen LogP contribution in [0.15, 0.2) is 71.7 Å². The lowest BCUT2D eigenvalue weighted by Gasteiger charge is -2.11. The zero-order valence-electron chi connectivity index (χ0n) is 15.8. The van der Waals surface area contributed by atoms with Gasteiger partial charge in [-0.1, -0.05) is 35.9 Å². The molecule has 132 valence electrons. The lowest BCUT2D eigenvalue weighted by molar-refractivity contribution is 1.28. The lowest BCUT2D eigenvalue weighted by Crippen LogP contribution is -2.07. The highest BCUT2D eigenvalue weighted by molar-refractivity contribution is 5.95. The molecule has 0 radical (unpaired) electrons. The summed E-state index contributed by atoms with van der Waals surface area (Å²) in [4.78, 5) is 4.77. The standard InChI is InChI=1S/C23H25N3/c1-16-14-17(2)23(18(3)15-16)25-19(4)24-21-10-12-22(13-11-21)26-20-8-6-5-7-9-20/h5-15,26H,1-4H3,(H,24,25). The zero-order chi connectivity index (χ0) is 18.5. The van der Waals surface area contributed by atoms with E-state index in [0.717, 1.165) is 28.6 Å². The maximum atomic E-state index is 4.77. The first-order chi connectivity index (χ1) is 12.5. The van der Waals surface area contributed by atoms with E-state index in [1.54, 1.807) is 0 Å². The quantitative estimate of drug-likeness (QED) is 0.418. The van der Waals surface area contributed by atoms with Crippen LogP contribution in [0.1, 0.15) is 23.6 Å². The fourth-order valence-corrected chi connectivity index (χ4v) is 3.08. The van der Waals surface area contributed by atoms with Gasteiger partial charge in [-0.2, -0.15) is 0 Å². The molecule has 0 aliphatic carbocycles. The van der Waals surface area contributed by atoms with Crippen LogP contribution >= 0.6 is 0 Å². The van der Waals surface area contributed by atoms with E-state index in [2.05, 4.69) is 79.9 Å². The molecule has 0 saturated heterocycles. The number of benzene rings is 3. The number of para-hydroxylation sites is 1. The van der Waals surface area contributed by atoms with Gasteiger partial charge < -0.3 is 10.6 Å². The lowest BCUT2D eigenvalue weighted by atomic mass is 10.1. The van der Waals surface area contributed by atoms with E-state index in [1.165, 1.54) is 16.7 Å². The number of aliphatic imine (C=N–C) groups is 1. The van der Waals surface area contributed by atoms with Crippen LogP contribution in [0.25, 0.3) is 0 Å². The van der Waals surface area contributed by atoms with E-state index in [9.17, 15) is 0 Å². The summed E-state index contributed by atoms with van der Waals surface area (Å²) < 4.78 is 0. The molecule has 3 aromatic rings. The van der Waals surface area contributed by atoms with Crippen molar-refractivity contribution in [3.8, 4) is 0 Å². The Morgan fingerprint density at radius 2 is 1.27 bits per heavy atom. The van der Waals surface area contributed by atoms with Crippen molar-refractivity contribution in [2.24, 2.45) is 4.99 Å². The Hall–Kier alpha value is -3.07. The summed E-state index contributed by atoms with van der Waals surface area (Å²) >= 11 is 0. The largest absolute Gasteiger partial charge is 0.356 e. The highest BCUT2D eigenvalue weighted by Crippen LogP contribution is 2.25. The van der Waals surface area contributed by atoms with Gasteiger partial charge in [0.05, 0.1) is 5.69 Å². The molecule has 2 N–H and O–H groups in total. The Balaban J connectivity index is 1.71. The van der Waals surface area contributed by atoms with E-state index >= 15 is 0 Å². The molecule has 3 heteroatoms. The summed E-state index contributed by atoms with van der Waals surface area (Å²) in [7, 11) is 0. The summed E-state index contributed by atoms with van der Waals surface area (Å²) in [5, 5.41) is 6.76. The SMILES string of the molecule is CC(=Nc1c(C)cc(C)cc1C)Nc1ccc(Nc2ccccc2)cc1. The van der Waals surface area contributed by atoms with Crippen LogP contribution in [-0.4, -0.2) is 5.84 Å². The smallest absolute Gasteiger partial charge is 0.103 e. The number of hydrogen-bond donors (Lipinski definition) is 2. The normalized spacial score (nSPS) is 11.3. The maximum absolute atomic E-state index is 4.77. The Morgan fingerprint density at radius 1 is 0.731 bits per heavy atom. The first-order valence-electron chi connectivity index (χ1n) is 8.83. The molecule has 0 spiro atoms. The molecule has 0 saturated carbocycles. The number of rotatable bonds is 4. The fraction of sp³-hybridized carbons (Fsp3) is 0.174. The van der Waals surface area contributed by atoms with Gasteiger partial charge in [0, 0.05) is 17.1 Å². The molecule has 3 aromatic carbocycles. The van der Waals surface area contributed by atoms with Crippen LogP contribution in [0.3, 0.4) is 0 Å². The number of amidine groups is 1. The summed E-state index contributed by atoms with van der Waals surface area (Å²) in [6.45, 7) is 8.32. The number of nitrogens with zero attached hydrogens (tertiary/aromatic N) is 1. The second-order valence-corrected chi connectivity index (χ2v) is 6.64. The monoisotopic (exact) mass is 343 g/mol. The molecule has 0 aliphatic heterocycles. The van der Waals surface area contributed by atoms with Gasteiger partial charge in [-0.15, -0.1) is 0 Å². The Bertz CT molecular complexity index is 887. The first-order valence-corrected chi connectivity index (χ1v) is 8.83. The second-order valence-electron chi connectivity index (χ2n) is 6.64. The molecular formula is C23H25N3. The van der Waals surface area contributed by atoms with E-state index in [4.69, 9.17) is 4.99 Å². The summed E-state index contributed by atoms with van der Waals surface area (Å²) in [6, 6.07) is 22.7. The minimum atomic E-state index is 0.879. The van der Waals surface area contributed by atoms with Gasteiger partial charge in [-0.05, 0) is 75.2 Å². The van der Waals surface area contributed by atoms with Crippen molar-refractivity contribution >= 4 is 28.6 Å². The fourth-order valence-electron chi connectivity index (χ4n) is 3.08. The van der Waals surface area contributed by atoms with Crippen LogP contribution < -0.4 is 10.6 Å². The molecule has 26 heavy (non-hydrogen) atoms. The van der Waals surface area contributed by atoms with Gasteiger partial charge >= 0.3 is 0 Å². The predicted molar refractivity (Wildman–Crippen MR) is 113 cm³/mol. The predicted octanol–water partition coefficient (Wildman–Crippen LogP) is 6.52. The third-order valence-corrected chi connectivity index (χ3v) is 4.19. The van der Waals surface area contributed by atoms with Crippen LogP contribution in [0.2, 0.25) is 0 Å². The number of hydrogen-bond acceptors (Lipinski definition) is 2. The number of anilines is 3. The first kappa shape index (κ1) is 17.7. The van der Waals surface area contributed by atoms with Crippen molar-refractivity contribution in [3.05, 3.63) is 83.4 Å². The molecule has 0 aromatic heterocycles. The third-order valence-electron chi connectivity index (χ3n) is 4.19. The summed E-state index contributed by atoms with van der Waals surface area (Å²) in [5.41, 5.74) is 7.87. The third kappa shape index (κ3) is 4.51. The van der Waals surface area contributed by atoms with E-state index in [1.807, 2.05) is 25.1 Å². The molecule has 0 unspecified atom stereocenters. The van der Waals surface area contributed by atoms with Crippen molar-refractivity contribution in [3.63, 3.8) is 0 Å². The highest BCUT2D eigenvalue weighted by atomic mass is 15.0. The Kier molecular flexibility index (Phi) is 5.37. The second kappa shape index (κ2) is 7.87. The van der Waals surface area contributed by atoms with Crippen molar-refractivity contribution in [1.82, 2.24) is 0 Å². The molecule has 0 fully saturated rings. The average molecular weight is 343 g/mol. The minimum Gasteiger partial charge on any atom is -0.356 e. The Labute approximate surface area is 155 Å². The molecule has 0 amide bonds. The molecule has 3 nitrogen and oxygen atoms in total. The molecule has 0 heterocycles. The van der Waals surface area contributed by atoms with Crippen molar-refractivity contribution < 1.29 is 0 Å². The maximum Gasteiger partial charge on any atom is 0.103 e. The molecule has 3 rings (SSSR count). The minimum absolute atomic E-state index is 0.879. The van der Waals surface area contributed by atoms with E-state index < -0.39 is 0 Å². The number of aryl methyl sites for hydroxylation is 3. The molecule has 0 bridgehead atoms. The molecule has 0 aliphatic rings. The Morgan fingerprint density at radius 3 is 1.88 bits per heavy atom. The van der Waals surface area contributed by atoms with Gasteiger partial charge in [-0.3, -0.25) is 0 Å². The highest BCUT2D eigenvalue weighted by Gasteiger charge is 2.04. The van der Waals surface area contributed by atoms with Crippen LogP contribution in [0.4, 0.5) is 22.7 Å². The van der Waals surface area contributed by atoms with Crippen LogP contribution in [0, 0.1) is 20.8 Å². The average Bonchev–Trinajstić information content (AvgIpc) is 2.61. The van der Waals surface area contributed by atoms with Crippen molar-refractivity contribution in [1.29, 1.82) is 0 Å². The number of nitrogens with one attached hydrogen (secondary N) is 2. The van der Waals surface area contributed by atoms with Gasteiger partial charge in [0.15, 0.2) is 0 Å². The summed E-state index contributed by atoms with van der Waals surface area (Å²) in [5.74, 6) is 0.879. The topological polar surface area (TPSA) is 36.4 Å². The summed E-state index contributed by atoms with van der Waals surface area (Å²) in [6.07, 6.45) is 0. The van der Waals surface area contributed by atoms with Gasteiger partial charge in [0.1, 0.15) is 5.84 Å². The van der Waals surface area contributed by atoms with Crippen molar-refractivity contribution in [2.45, 2.75) is 27.7 Å². The van der Waals surface area contributed by atoms with Crippen LogP contribution in [0.5, 0.6) is 0 Å². The van der Waals surface area contributed by atoms with E-state index in [-0.39, 0.29) is 0 Å². The van der Waals surface area contributed by atoms with E-state index in [0.29, 0.717) is 0 Å². The van der Waals surface area contributed by atoms with Gasteiger partial charge in [0.2, 0.25) is 0 Å². The van der Waals surface area contributed by atoms with Gasteiger partial charge in [-0.25, -0.2) is 4.99 Å². The van der Waals surface area contributed by atoms with Crippen molar-refractivity contribution in [2.75, 3.05) is 10.6 Å². The molecule has 0 atom stereocenters. The van der Waals surface area contributed by atoms with Crippen LogP contribution in [-0.2, 0) is 0 Å². The zero-order valence-corrected chi connectivity index (χ0v) is 15.8.